The first-order chi connectivity index (χ1) is 27.0. The van der Waals surface area contributed by atoms with Gasteiger partial charge >= 0.3 is 0 Å². The molecule has 9 aromatic carbocycles. The molecule has 0 amide bonds. The van der Waals surface area contributed by atoms with Gasteiger partial charge < -0.3 is 8.83 Å². The zero-order chi connectivity index (χ0) is 36.4. The Bertz CT molecular complexity index is 3240. The van der Waals surface area contributed by atoms with Crippen LogP contribution in [0.1, 0.15) is 25.0 Å². The van der Waals surface area contributed by atoms with Gasteiger partial charge in [-0.2, -0.15) is 0 Å². The van der Waals surface area contributed by atoms with Crippen LogP contribution in [-0.4, -0.2) is 0 Å². The van der Waals surface area contributed by atoms with E-state index in [0.717, 1.165) is 65.8 Å². The number of benzene rings is 9. The van der Waals surface area contributed by atoms with Gasteiger partial charge in [-0.3, -0.25) is 0 Å². The average molecular weight is 703 g/mol. The number of hydrogen-bond acceptors (Lipinski definition) is 2. The summed E-state index contributed by atoms with van der Waals surface area (Å²) in [5.74, 6) is 0. The Kier molecular flexibility index (Phi) is 6.15. The minimum Gasteiger partial charge on any atom is -0.455 e. The Morgan fingerprint density at radius 2 is 0.782 bits per heavy atom. The molecule has 0 atom stereocenters. The topological polar surface area (TPSA) is 26.3 Å². The van der Waals surface area contributed by atoms with E-state index in [2.05, 4.69) is 172 Å². The second-order valence-electron chi connectivity index (χ2n) is 15.6. The van der Waals surface area contributed by atoms with Gasteiger partial charge in [-0.05, 0) is 90.3 Å². The summed E-state index contributed by atoms with van der Waals surface area (Å²) in [5.41, 5.74) is 15.9. The molecule has 0 saturated carbocycles. The molecule has 0 N–H and O–H groups in total. The van der Waals surface area contributed by atoms with Crippen molar-refractivity contribution >= 4 is 65.4 Å². The Labute approximate surface area is 317 Å². The second kappa shape index (κ2) is 11.1. The van der Waals surface area contributed by atoms with Crippen molar-refractivity contribution in [3.63, 3.8) is 0 Å². The van der Waals surface area contributed by atoms with E-state index < -0.39 is 0 Å². The third-order valence-corrected chi connectivity index (χ3v) is 12.3. The van der Waals surface area contributed by atoms with Crippen LogP contribution in [0.2, 0.25) is 0 Å². The SMILES string of the molecule is CC1(C)c2ccccc2-c2ccc(-c3ccc(-c4c5ccccc5c(-c5c6oc7ccccc7c6cc6c5oc5ccccc56)c5ccccc45)cc3)cc21. The summed E-state index contributed by atoms with van der Waals surface area (Å²) < 4.78 is 13.6. The van der Waals surface area contributed by atoms with Gasteiger partial charge in [-0.15, -0.1) is 0 Å². The minimum absolute atomic E-state index is 0.0396. The molecule has 1 aliphatic rings. The molecular weight excluding hydrogens is 669 g/mol. The highest BCUT2D eigenvalue weighted by atomic mass is 16.3. The fraction of sp³-hybridized carbons (Fsp3) is 0.0566. The summed E-state index contributed by atoms with van der Waals surface area (Å²) >= 11 is 0. The van der Waals surface area contributed by atoms with E-state index >= 15 is 0 Å². The molecule has 1 aliphatic carbocycles. The van der Waals surface area contributed by atoms with E-state index in [-0.39, 0.29) is 5.41 Å². The molecule has 11 aromatic rings. The lowest BCUT2D eigenvalue weighted by molar-refractivity contribution is 0.658. The van der Waals surface area contributed by atoms with Crippen LogP contribution in [0.3, 0.4) is 0 Å². The van der Waals surface area contributed by atoms with Crippen molar-refractivity contribution in [1.29, 1.82) is 0 Å². The van der Waals surface area contributed by atoms with Gasteiger partial charge in [-0.1, -0.05) is 159 Å². The highest BCUT2D eigenvalue weighted by Crippen LogP contribution is 2.52. The molecule has 2 nitrogen and oxygen atoms in total. The molecule has 0 bridgehead atoms. The number of para-hydroxylation sites is 2. The smallest absolute Gasteiger partial charge is 0.147 e. The maximum atomic E-state index is 6.81. The summed E-state index contributed by atoms with van der Waals surface area (Å²) in [6.45, 7) is 4.69. The molecule has 0 fully saturated rings. The Morgan fingerprint density at radius 1 is 0.327 bits per heavy atom. The van der Waals surface area contributed by atoms with Crippen LogP contribution in [0.5, 0.6) is 0 Å². The van der Waals surface area contributed by atoms with Gasteiger partial charge in [0, 0.05) is 32.5 Å². The van der Waals surface area contributed by atoms with Crippen LogP contribution in [-0.2, 0) is 5.41 Å². The molecule has 0 radical (unpaired) electrons. The standard InChI is InChI=1S/C53H34O2/c1-53(2)44-20-10-7-13-34(44)35-28-27-33(29-45(35)53)31-23-25-32(26-24-31)48-38-16-3-5-18-40(38)49(41-19-6-4-17-39(41)48)50-51-42(36-14-8-11-21-46(36)54-51)30-43-37-15-9-12-22-47(37)55-52(43)50/h3-30H,1-2H3. The van der Waals surface area contributed by atoms with Gasteiger partial charge in [0.25, 0.3) is 0 Å². The van der Waals surface area contributed by atoms with Gasteiger partial charge in [-0.25, -0.2) is 0 Å². The fourth-order valence-electron chi connectivity index (χ4n) is 9.69. The quantitative estimate of drug-likeness (QED) is 0.171. The van der Waals surface area contributed by atoms with Gasteiger partial charge in [0.1, 0.15) is 22.3 Å². The molecule has 2 heteroatoms. The first-order valence-electron chi connectivity index (χ1n) is 19.1. The predicted octanol–water partition coefficient (Wildman–Crippen LogP) is 15.1. The Morgan fingerprint density at radius 3 is 1.38 bits per heavy atom. The van der Waals surface area contributed by atoms with Crippen LogP contribution in [0.4, 0.5) is 0 Å². The van der Waals surface area contributed by atoms with E-state index in [0.29, 0.717) is 0 Å². The summed E-state index contributed by atoms with van der Waals surface area (Å²) in [7, 11) is 0. The van der Waals surface area contributed by atoms with Crippen molar-refractivity contribution < 1.29 is 8.83 Å². The number of furan rings is 2. The summed E-state index contributed by atoms with van der Waals surface area (Å²) in [6.07, 6.45) is 0. The van der Waals surface area contributed by atoms with Gasteiger partial charge in [0.05, 0.1) is 5.56 Å². The molecule has 12 rings (SSSR count). The summed E-state index contributed by atoms with van der Waals surface area (Å²) in [4.78, 5) is 0. The predicted molar refractivity (Wildman–Crippen MR) is 230 cm³/mol. The first kappa shape index (κ1) is 30.6. The third-order valence-electron chi connectivity index (χ3n) is 12.3. The van der Waals surface area contributed by atoms with E-state index in [1.807, 2.05) is 12.1 Å². The highest BCUT2D eigenvalue weighted by molar-refractivity contribution is 6.29. The normalized spacial score (nSPS) is 13.4. The van der Waals surface area contributed by atoms with Crippen molar-refractivity contribution in [1.82, 2.24) is 0 Å². The van der Waals surface area contributed by atoms with Crippen LogP contribution < -0.4 is 0 Å². The maximum absolute atomic E-state index is 6.81. The summed E-state index contributed by atoms with van der Waals surface area (Å²) in [6, 6.07) is 61.6. The zero-order valence-corrected chi connectivity index (χ0v) is 30.5. The van der Waals surface area contributed by atoms with Crippen molar-refractivity contribution in [3.05, 3.63) is 181 Å². The molecular formula is C53H34O2. The molecule has 0 unspecified atom stereocenters. The van der Waals surface area contributed by atoms with Crippen molar-refractivity contribution in [2.24, 2.45) is 0 Å². The van der Waals surface area contributed by atoms with Crippen LogP contribution in [0.15, 0.2) is 179 Å². The largest absolute Gasteiger partial charge is 0.455 e. The number of rotatable bonds is 3. The van der Waals surface area contributed by atoms with Gasteiger partial charge in [0.15, 0.2) is 0 Å². The van der Waals surface area contributed by atoms with E-state index in [9.17, 15) is 0 Å². The van der Waals surface area contributed by atoms with Crippen molar-refractivity contribution in [2.45, 2.75) is 19.3 Å². The molecule has 0 aliphatic heterocycles. The molecule has 55 heavy (non-hydrogen) atoms. The Hall–Kier alpha value is -6.90. The lowest BCUT2D eigenvalue weighted by Gasteiger charge is -2.22. The molecule has 2 heterocycles. The maximum Gasteiger partial charge on any atom is 0.147 e. The molecule has 258 valence electrons. The zero-order valence-electron chi connectivity index (χ0n) is 30.5. The lowest BCUT2D eigenvalue weighted by atomic mass is 9.81. The number of fused-ring (bicyclic) bond motifs is 11. The third kappa shape index (κ3) is 4.20. The van der Waals surface area contributed by atoms with E-state index in [1.165, 1.54) is 55.3 Å². The van der Waals surface area contributed by atoms with Gasteiger partial charge in [0.2, 0.25) is 0 Å². The fourth-order valence-corrected chi connectivity index (χ4v) is 9.69. The number of hydrogen-bond donors (Lipinski definition) is 0. The van der Waals surface area contributed by atoms with E-state index in [4.69, 9.17) is 8.83 Å². The lowest BCUT2D eigenvalue weighted by Crippen LogP contribution is -2.14. The molecule has 0 saturated heterocycles. The monoisotopic (exact) mass is 702 g/mol. The Balaban J connectivity index is 1.09. The molecule has 2 aromatic heterocycles. The van der Waals surface area contributed by atoms with Crippen molar-refractivity contribution in [3.8, 4) is 44.5 Å². The average Bonchev–Trinajstić information content (AvgIpc) is 3.87. The van der Waals surface area contributed by atoms with Crippen molar-refractivity contribution in [2.75, 3.05) is 0 Å². The highest BCUT2D eigenvalue weighted by Gasteiger charge is 2.35. The minimum atomic E-state index is -0.0396. The second-order valence-corrected chi connectivity index (χ2v) is 15.6. The summed E-state index contributed by atoms with van der Waals surface area (Å²) in [5, 5.41) is 9.11. The van der Waals surface area contributed by atoms with E-state index in [1.54, 1.807) is 0 Å². The van der Waals surface area contributed by atoms with Crippen LogP contribution in [0.25, 0.3) is 110 Å². The first-order valence-corrected chi connectivity index (χ1v) is 19.1. The van der Waals surface area contributed by atoms with Crippen LogP contribution in [0, 0.1) is 0 Å². The molecule has 0 spiro atoms. The van der Waals surface area contributed by atoms with Crippen LogP contribution >= 0.6 is 0 Å².